The van der Waals surface area contributed by atoms with Crippen LogP contribution in [0.3, 0.4) is 0 Å². The third kappa shape index (κ3) is 5.49. The van der Waals surface area contributed by atoms with Crippen LogP contribution in [-0.2, 0) is 5.41 Å². The van der Waals surface area contributed by atoms with Crippen molar-refractivity contribution in [3.8, 4) is 0 Å². The molecule has 1 aliphatic carbocycles. The Labute approximate surface area is 129 Å². The van der Waals surface area contributed by atoms with Crippen LogP contribution in [0.4, 0.5) is 0 Å². The van der Waals surface area contributed by atoms with Gasteiger partial charge in [-0.3, -0.25) is 0 Å². The topological polar surface area (TPSA) is 26.0 Å². The Morgan fingerprint density at radius 2 is 1.65 bits per heavy atom. The summed E-state index contributed by atoms with van der Waals surface area (Å²) in [6.07, 6.45) is 5.62. The molecule has 20 heavy (non-hydrogen) atoms. The molecule has 0 unspecified atom stereocenters. The second-order valence-electron chi connectivity index (χ2n) is 6.78. The van der Waals surface area contributed by atoms with E-state index in [-0.39, 0.29) is 5.41 Å². The number of hydrogen-bond acceptors (Lipinski definition) is 2. The summed E-state index contributed by atoms with van der Waals surface area (Å²) in [4.78, 5) is 1.46. The van der Waals surface area contributed by atoms with Gasteiger partial charge in [-0.05, 0) is 61.8 Å². The van der Waals surface area contributed by atoms with Crippen LogP contribution in [0.5, 0.6) is 0 Å². The molecule has 1 aliphatic rings. The van der Waals surface area contributed by atoms with Crippen LogP contribution in [0.2, 0.25) is 0 Å². The molecule has 1 saturated carbocycles. The van der Waals surface area contributed by atoms with Gasteiger partial charge in [0.05, 0.1) is 0 Å². The summed E-state index contributed by atoms with van der Waals surface area (Å²) in [5.41, 5.74) is 6.22. The highest BCUT2D eigenvalue weighted by molar-refractivity contribution is 8.00. The summed E-state index contributed by atoms with van der Waals surface area (Å²) in [5.74, 6) is 0.947. The van der Waals surface area contributed by atoms with Gasteiger partial charge in [0, 0.05) is 10.1 Å². The Hall–Kier alpha value is -0.470. The third-order valence-corrected chi connectivity index (χ3v) is 5.30. The van der Waals surface area contributed by atoms with Gasteiger partial charge in [-0.2, -0.15) is 0 Å². The maximum absolute atomic E-state index is 4.50. The standard InChI is InChI=1S/C17H26S.CH5N/c1-13-8-10-15(11-9-13)18-16-7-5-6-14(12-16)17(2,3)4;1-2/h5-7,12-13,15H,8-11H2,1-4H3;2H2,1H3. The van der Waals surface area contributed by atoms with Gasteiger partial charge >= 0.3 is 0 Å². The number of thioether (sulfide) groups is 1. The molecule has 0 spiro atoms. The van der Waals surface area contributed by atoms with Crippen molar-refractivity contribution in [2.75, 3.05) is 7.05 Å². The number of benzene rings is 1. The average Bonchev–Trinajstić information content (AvgIpc) is 2.43. The molecule has 0 heterocycles. The van der Waals surface area contributed by atoms with Crippen LogP contribution in [0.25, 0.3) is 0 Å². The van der Waals surface area contributed by atoms with Crippen molar-refractivity contribution in [2.45, 2.75) is 68.9 Å². The molecule has 0 aromatic heterocycles. The molecule has 0 saturated heterocycles. The first kappa shape index (κ1) is 17.6. The van der Waals surface area contributed by atoms with Crippen LogP contribution in [0.15, 0.2) is 29.2 Å². The van der Waals surface area contributed by atoms with Crippen molar-refractivity contribution in [2.24, 2.45) is 11.7 Å². The molecule has 0 aliphatic heterocycles. The Balaban J connectivity index is 0.000000956. The molecule has 114 valence electrons. The van der Waals surface area contributed by atoms with Crippen LogP contribution < -0.4 is 5.73 Å². The summed E-state index contributed by atoms with van der Waals surface area (Å²) in [5, 5.41) is 0.844. The minimum atomic E-state index is 0.262. The minimum absolute atomic E-state index is 0.262. The van der Waals surface area contributed by atoms with E-state index in [1.807, 2.05) is 0 Å². The van der Waals surface area contributed by atoms with Gasteiger partial charge in [-0.25, -0.2) is 0 Å². The van der Waals surface area contributed by atoms with Crippen LogP contribution >= 0.6 is 11.8 Å². The van der Waals surface area contributed by atoms with E-state index in [1.165, 1.54) is 43.2 Å². The summed E-state index contributed by atoms with van der Waals surface area (Å²) in [6, 6.07) is 9.14. The van der Waals surface area contributed by atoms with Crippen LogP contribution in [0.1, 0.15) is 58.9 Å². The Morgan fingerprint density at radius 1 is 1.05 bits per heavy atom. The largest absolute Gasteiger partial charge is 0.333 e. The molecule has 2 rings (SSSR count). The second-order valence-corrected chi connectivity index (χ2v) is 8.15. The van der Waals surface area contributed by atoms with E-state index in [0.29, 0.717) is 0 Å². The van der Waals surface area contributed by atoms with Gasteiger partial charge in [-0.15, -0.1) is 11.8 Å². The lowest BCUT2D eigenvalue weighted by atomic mass is 9.87. The normalized spacial score (nSPS) is 22.9. The van der Waals surface area contributed by atoms with Crippen molar-refractivity contribution >= 4 is 11.8 Å². The lowest BCUT2D eigenvalue weighted by Crippen LogP contribution is -2.14. The summed E-state index contributed by atoms with van der Waals surface area (Å²) < 4.78 is 0. The van der Waals surface area contributed by atoms with Gasteiger partial charge in [0.2, 0.25) is 0 Å². The fraction of sp³-hybridized carbons (Fsp3) is 0.667. The molecule has 2 heteroatoms. The fourth-order valence-electron chi connectivity index (χ4n) is 2.58. The summed E-state index contributed by atoms with van der Waals surface area (Å²) >= 11 is 2.10. The van der Waals surface area contributed by atoms with E-state index in [4.69, 9.17) is 0 Å². The van der Waals surface area contributed by atoms with Crippen LogP contribution in [0, 0.1) is 5.92 Å². The number of hydrogen-bond donors (Lipinski definition) is 1. The van der Waals surface area contributed by atoms with E-state index < -0.39 is 0 Å². The molecular weight excluding hydrogens is 262 g/mol. The minimum Gasteiger partial charge on any atom is -0.333 e. The molecule has 0 amide bonds. The smallest absolute Gasteiger partial charge is 0.00946 e. The highest BCUT2D eigenvalue weighted by Gasteiger charge is 2.20. The van der Waals surface area contributed by atoms with Gasteiger partial charge in [-0.1, -0.05) is 39.8 Å². The summed E-state index contributed by atoms with van der Waals surface area (Å²) in [6.45, 7) is 9.26. The average molecular weight is 294 g/mol. The lowest BCUT2D eigenvalue weighted by Gasteiger charge is -2.26. The first-order chi connectivity index (χ1) is 9.45. The van der Waals surface area contributed by atoms with Crippen LogP contribution in [-0.4, -0.2) is 12.3 Å². The van der Waals surface area contributed by atoms with E-state index >= 15 is 0 Å². The van der Waals surface area contributed by atoms with Gasteiger partial charge < -0.3 is 5.73 Å². The fourth-order valence-corrected chi connectivity index (χ4v) is 3.82. The van der Waals surface area contributed by atoms with E-state index in [1.54, 1.807) is 0 Å². The number of nitrogens with two attached hydrogens (primary N) is 1. The Kier molecular flexibility index (Phi) is 7.11. The molecular formula is C18H31NS. The molecule has 1 fully saturated rings. The zero-order valence-corrected chi connectivity index (χ0v) is 14.6. The Morgan fingerprint density at radius 3 is 2.20 bits per heavy atom. The molecule has 2 N–H and O–H groups in total. The number of rotatable bonds is 2. The first-order valence-electron chi connectivity index (χ1n) is 7.80. The second kappa shape index (κ2) is 8.09. The SMILES string of the molecule is CC1CCC(Sc2cccc(C(C)(C)C)c2)CC1.CN. The predicted molar refractivity (Wildman–Crippen MR) is 92.5 cm³/mol. The van der Waals surface area contributed by atoms with Gasteiger partial charge in [0.1, 0.15) is 0 Å². The third-order valence-electron chi connectivity index (χ3n) is 3.97. The lowest BCUT2D eigenvalue weighted by molar-refractivity contribution is 0.393. The molecule has 1 aromatic carbocycles. The van der Waals surface area contributed by atoms with Gasteiger partial charge in [0.25, 0.3) is 0 Å². The van der Waals surface area contributed by atoms with Crippen molar-refractivity contribution in [3.05, 3.63) is 29.8 Å². The first-order valence-corrected chi connectivity index (χ1v) is 8.68. The zero-order chi connectivity index (χ0) is 15.2. The molecule has 1 nitrogen and oxygen atoms in total. The van der Waals surface area contributed by atoms with E-state index in [2.05, 4.69) is 69.5 Å². The maximum Gasteiger partial charge on any atom is 0.00946 e. The van der Waals surface area contributed by atoms with Gasteiger partial charge in [0.15, 0.2) is 0 Å². The highest BCUT2D eigenvalue weighted by Crippen LogP contribution is 2.36. The van der Waals surface area contributed by atoms with E-state index in [9.17, 15) is 0 Å². The summed E-state index contributed by atoms with van der Waals surface area (Å²) in [7, 11) is 1.50. The van der Waals surface area contributed by atoms with Crippen molar-refractivity contribution in [1.29, 1.82) is 0 Å². The molecule has 1 aromatic rings. The molecule has 0 radical (unpaired) electrons. The Bertz CT molecular complexity index is 387. The molecule has 0 atom stereocenters. The highest BCUT2D eigenvalue weighted by atomic mass is 32.2. The monoisotopic (exact) mass is 293 g/mol. The molecule has 0 bridgehead atoms. The van der Waals surface area contributed by atoms with E-state index in [0.717, 1.165) is 11.2 Å². The van der Waals surface area contributed by atoms with Crippen molar-refractivity contribution in [1.82, 2.24) is 0 Å². The van der Waals surface area contributed by atoms with Crippen molar-refractivity contribution < 1.29 is 0 Å². The quantitative estimate of drug-likeness (QED) is 0.808. The zero-order valence-electron chi connectivity index (χ0n) is 13.8. The maximum atomic E-state index is 4.50. The predicted octanol–water partition coefficient (Wildman–Crippen LogP) is 5.23. The van der Waals surface area contributed by atoms with Crippen molar-refractivity contribution in [3.63, 3.8) is 0 Å².